The molecule has 0 amide bonds. The molecule has 0 bridgehead atoms. The highest BCUT2D eigenvalue weighted by Gasteiger charge is 2.28. The van der Waals surface area contributed by atoms with Gasteiger partial charge in [0.1, 0.15) is 5.82 Å². The molecule has 3 unspecified atom stereocenters. The molecule has 0 aromatic heterocycles. The second kappa shape index (κ2) is 6.38. The highest BCUT2D eigenvalue weighted by molar-refractivity contribution is 5.45. The Morgan fingerprint density at radius 1 is 1.37 bits per heavy atom. The summed E-state index contributed by atoms with van der Waals surface area (Å²) < 4.78 is 13.2. The molecule has 1 aliphatic rings. The first-order chi connectivity index (χ1) is 9.10. The maximum atomic E-state index is 13.2. The van der Waals surface area contributed by atoms with E-state index in [2.05, 4.69) is 11.8 Å². The standard InChI is InChI=1S/C16H25FN2/c1-3-12-7-8-16(18)13(9-12)11-19(2)15-6-4-5-14(17)10-15/h4-6,10,12-13,16H,3,7-9,11,18H2,1-2H3. The smallest absolute Gasteiger partial charge is 0.125 e. The highest BCUT2D eigenvalue weighted by Crippen LogP contribution is 2.31. The van der Waals surface area contributed by atoms with Crippen molar-refractivity contribution in [2.45, 2.75) is 38.6 Å². The van der Waals surface area contributed by atoms with Crippen LogP contribution in [0.5, 0.6) is 0 Å². The number of halogens is 1. The summed E-state index contributed by atoms with van der Waals surface area (Å²) in [7, 11) is 2.02. The van der Waals surface area contributed by atoms with Crippen molar-refractivity contribution in [3.63, 3.8) is 0 Å². The number of nitrogens with two attached hydrogens (primary N) is 1. The Kier molecular flexibility index (Phi) is 4.81. The third kappa shape index (κ3) is 3.69. The Hall–Kier alpha value is -1.09. The third-order valence-electron chi connectivity index (χ3n) is 4.48. The van der Waals surface area contributed by atoms with Gasteiger partial charge in [-0.25, -0.2) is 4.39 Å². The van der Waals surface area contributed by atoms with Crippen LogP contribution in [0, 0.1) is 17.7 Å². The van der Waals surface area contributed by atoms with E-state index >= 15 is 0 Å². The van der Waals surface area contributed by atoms with Crippen LogP contribution in [0.4, 0.5) is 10.1 Å². The van der Waals surface area contributed by atoms with Crippen LogP contribution in [0.15, 0.2) is 24.3 Å². The second-order valence-electron chi connectivity index (χ2n) is 5.87. The van der Waals surface area contributed by atoms with Crippen molar-refractivity contribution in [1.29, 1.82) is 0 Å². The topological polar surface area (TPSA) is 29.3 Å². The van der Waals surface area contributed by atoms with Crippen LogP contribution in [0.3, 0.4) is 0 Å². The number of benzene rings is 1. The van der Waals surface area contributed by atoms with Gasteiger partial charge in [0.25, 0.3) is 0 Å². The molecule has 1 aromatic rings. The molecular formula is C16H25FN2. The van der Waals surface area contributed by atoms with Crippen LogP contribution in [0.25, 0.3) is 0 Å². The fraction of sp³-hybridized carbons (Fsp3) is 0.625. The lowest BCUT2D eigenvalue weighted by Crippen LogP contribution is -2.42. The molecule has 1 saturated carbocycles. The van der Waals surface area contributed by atoms with Gasteiger partial charge in [0, 0.05) is 25.3 Å². The van der Waals surface area contributed by atoms with E-state index < -0.39 is 0 Å². The second-order valence-corrected chi connectivity index (χ2v) is 5.87. The zero-order chi connectivity index (χ0) is 13.8. The van der Waals surface area contributed by atoms with E-state index in [1.807, 2.05) is 13.1 Å². The van der Waals surface area contributed by atoms with Crippen LogP contribution >= 0.6 is 0 Å². The lowest BCUT2D eigenvalue weighted by molar-refractivity contribution is 0.232. The fourth-order valence-corrected chi connectivity index (χ4v) is 3.14. The molecule has 3 heteroatoms. The summed E-state index contributed by atoms with van der Waals surface area (Å²) in [6, 6.07) is 7.08. The van der Waals surface area contributed by atoms with Crippen LogP contribution < -0.4 is 10.6 Å². The number of hydrogen-bond donors (Lipinski definition) is 1. The van der Waals surface area contributed by atoms with Crippen molar-refractivity contribution >= 4 is 5.69 Å². The first-order valence-corrected chi connectivity index (χ1v) is 7.32. The van der Waals surface area contributed by atoms with E-state index in [9.17, 15) is 4.39 Å². The lowest BCUT2D eigenvalue weighted by Gasteiger charge is -2.36. The van der Waals surface area contributed by atoms with Crippen molar-refractivity contribution in [3.8, 4) is 0 Å². The molecular weight excluding hydrogens is 239 g/mol. The number of hydrogen-bond acceptors (Lipinski definition) is 2. The van der Waals surface area contributed by atoms with E-state index in [0.29, 0.717) is 12.0 Å². The minimum atomic E-state index is -0.177. The summed E-state index contributed by atoms with van der Waals surface area (Å²) >= 11 is 0. The van der Waals surface area contributed by atoms with E-state index in [0.717, 1.165) is 24.6 Å². The van der Waals surface area contributed by atoms with Gasteiger partial charge < -0.3 is 10.6 Å². The zero-order valence-corrected chi connectivity index (χ0v) is 12.0. The lowest BCUT2D eigenvalue weighted by atomic mass is 9.77. The quantitative estimate of drug-likeness (QED) is 0.903. The van der Waals surface area contributed by atoms with Crippen LogP contribution in [0.2, 0.25) is 0 Å². The van der Waals surface area contributed by atoms with Gasteiger partial charge in [0.15, 0.2) is 0 Å². The molecule has 1 aliphatic carbocycles. The predicted molar refractivity (Wildman–Crippen MR) is 78.8 cm³/mol. The Labute approximate surface area is 115 Å². The minimum absolute atomic E-state index is 0.177. The third-order valence-corrected chi connectivity index (χ3v) is 4.48. The molecule has 0 radical (unpaired) electrons. The van der Waals surface area contributed by atoms with Gasteiger partial charge in [-0.3, -0.25) is 0 Å². The number of nitrogens with zero attached hydrogens (tertiary/aromatic N) is 1. The largest absolute Gasteiger partial charge is 0.374 e. The molecule has 106 valence electrons. The summed E-state index contributed by atoms with van der Waals surface area (Å²) in [6.07, 6.45) is 4.84. The average molecular weight is 264 g/mol. The summed E-state index contributed by atoms with van der Waals surface area (Å²) in [6.45, 7) is 3.18. The monoisotopic (exact) mass is 264 g/mol. The van der Waals surface area contributed by atoms with Gasteiger partial charge in [-0.05, 0) is 49.3 Å². The zero-order valence-electron chi connectivity index (χ0n) is 12.0. The molecule has 0 saturated heterocycles. The molecule has 3 atom stereocenters. The molecule has 2 rings (SSSR count). The van der Waals surface area contributed by atoms with Crippen molar-refractivity contribution in [3.05, 3.63) is 30.1 Å². The van der Waals surface area contributed by atoms with Gasteiger partial charge in [0.2, 0.25) is 0 Å². The Bertz CT molecular complexity index is 407. The average Bonchev–Trinajstić information content (AvgIpc) is 2.41. The van der Waals surface area contributed by atoms with Crippen LogP contribution in [-0.2, 0) is 0 Å². The maximum absolute atomic E-state index is 13.2. The summed E-state index contributed by atoms with van der Waals surface area (Å²) in [5.41, 5.74) is 7.19. The molecule has 0 aliphatic heterocycles. The van der Waals surface area contributed by atoms with E-state index in [4.69, 9.17) is 5.73 Å². The molecule has 0 spiro atoms. The molecule has 19 heavy (non-hydrogen) atoms. The molecule has 0 heterocycles. The van der Waals surface area contributed by atoms with Gasteiger partial charge in [-0.1, -0.05) is 19.4 Å². The van der Waals surface area contributed by atoms with Crippen LogP contribution in [0.1, 0.15) is 32.6 Å². The van der Waals surface area contributed by atoms with Crippen molar-refractivity contribution in [2.24, 2.45) is 17.6 Å². The normalized spacial score (nSPS) is 27.3. The predicted octanol–water partition coefficient (Wildman–Crippen LogP) is 3.42. The highest BCUT2D eigenvalue weighted by atomic mass is 19.1. The molecule has 2 N–H and O–H groups in total. The van der Waals surface area contributed by atoms with Gasteiger partial charge in [-0.15, -0.1) is 0 Å². The molecule has 1 aromatic carbocycles. The molecule has 1 fully saturated rings. The van der Waals surface area contributed by atoms with Crippen LogP contribution in [-0.4, -0.2) is 19.6 Å². The SMILES string of the molecule is CCC1CCC(N)C(CN(C)c2cccc(F)c2)C1. The van der Waals surface area contributed by atoms with Crippen molar-refractivity contribution in [2.75, 3.05) is 18.5 Å². The van der Waals surface area contributed by atoms with E-state index in [1.54, 1.807) is 12.1 Å². The minimum Gasteiger partial charge on any atom is -0.374 e. The van der Waals surface area contributed by atoms with E-state index in [-0.39, 0.29) is 5.82 Å². The fourth-order valence-electron chi connectivity index (χ4n) is 3.14. The first-order valence-electron chi connectivity index (χ1n) is 7.32. The first kappa shape index (κ1) is 14.3. The Morgan fingerprint density at radius 2 is 2.16 bits per heavy atom. The van der Waals surface area contributed by atoms with Crippen molar-refractivity contribution < 1.29 is 4.39 Å². The maximum Gasteiger partial charge on any atom is 0.125 e. The summed E-state index contributed by atoms with van der Waals surface area (Å²) in [4.78, 5) is 2.13. The summed E-state index contributed by atoms with van der Waals surface area (Å²) in [5.74, 6) is 1.15. The Balaban J connectivity index is 1.99. The Morgan fingerprint density at radius 3 is 2.84 bits per heavy atom. The number of anilines is 1. The van der Waals surface area contributed by atoms with Gasteiger partial charge in [0.05, 0.1) is 0 Å². The number of rotatable bonds is 4. The summed E-state index contributed by atoms with van der Waals surface area (Å²) in [5, 5.41) is 0. The molecule has 2 nitrogen and oxygen atoms in total. The van der Waals surface area contributed by atoms with Crippen molar-refractivity contribution in [1.82, 2.24) is 0 Å². The van der Waals surface area contributed by atoms with Gasteiger partial charge >= 0.3 is 0 Å². The van der Waals surface area contributed by atoms with Gasteiger partial charge in [-0.2, -0.15) is 0 Å². The van der Waals surface area contributed by atoms with E-state index in [1.165, 1.54) is 25.3 Å².